The molecule has 0 spiro atoms. The van der Waals surface area contributed by atoms with Crippen LogP contribution in [0.4, 0.5) is 5.13 Å². The maximum Gasteiger partial charge on any atom is 0.264 e. The smallest absolute Gasteiger partial charge is 0.264 e. The molecule has 0 aliphatic heterocycles. The lowest BCUT2D eigenvalue weighted by Crippen LogP contribution is -2.20. The van der Waals surface area contributed by atoms with E-state index >= 15 is 0 Å². The van der Waals surface area contributed by atoms with Crippen molar-refractivity contribution in [3.63, 3.8) is 0 Å². The van der Waals surface area contributed by atoms with Gasteiger partial charge in [-0.15, -0.1) is 21.5 Å². The van der Waals surface area contributed by atoms with Crippen molar-refractivity contribution >= 4 is 62.0 Å². The molecule has 0 saturated heterocycles. The van der Waals surface area contributed by atoms with Crippen molar-refractivity contribution in [2.24, 2.45) is 0 Å². The summed E-state index contributed by atoms with van der Waals surface area (Å²) >= 11 is 10.1. The van der Waals surface area contributed by atoms with Crippen LogP contribution in [0.25, 0.3) is 4.96 Å². The number of carbonyl (C=O) groups excluding carboxylic acids is 1. The van der Waals surface area contributed by atoms with E-state index in [1.165, 1.54) is 40.5 Å². The molecule has 0 aliphatic rings. The number of aromatic nitrogens is 4. The zero-order valence-corrected chi connectivity index (χ0v) is 18.7. The molecule has 1 amide bonds. The van der Waals surface area contributed by atoms with Gasteiger partial charge >= 0.3 is 0 Å². The third-order valence-corrected chi connectivity index (χ3v) is 7.08. The molecular formula is C18H14ClN5O3S3. The molecule has 1 aromatic carbocycles. The van der Waals surface area contributed by atoms with E-state index in [4.69, 9.17) is 16.3 Å². The van der Waals surface area contributed by atoms with Gasteiger partial charge in [-0.05, 0) is 19.1 Å². The first-order chi connectivity index (χ1) is 14.5. The minimum absolute atomic E-state index is 0.0990. The third kappa shape index (κ3) is 4.81. The van der Waals surface area contributed by atoms with Crippen LogP contribution in [-0.4, -0.2) is 32.1 Å². The van der Waals surface area contributed by atoms with Gasteiger partial charge in [0, 0.05) is 22.9 Å². The number of amides is 1. The summed E-state index contributed by atoms with van der Waals surface area (Å²) in [5, 5.41) is 13.4. The number of thiazole rings is 1. The molecule has 0 saturated carbocycles. The molecule has 0 unspecified atom stereocenters. The van der Waals surface area contributed by atoms with Crippen LogP contribution in [0, 0.1) is 6.92 Å². The predicted molar refractivity (Wildman–Crippen MR) is 119 cm³/mol. The summed E-state index contributed by atoms with van der Waals surface area (Å²) in [6.45, 7) is 1.68. The number of rotatable bonds is 7. The van der Waals surface area contributed by atoms with E-state index < -0.39 is 0 Å². The Morgan fingerprint density at radius 3 is 3.00 bits per heavy atom. The summed E-state index contributed by atoms with van der Waals surface area (Å²) in [5.74, 6) is 0.543. The largest absolute Gasteiger partial charge is 0.482 e. The standard InChI is InChI=1S/C18H14ClN5O3S3/c1-10-8-28-17-20-11(6-15(26)24(10)17)9-29-18-23-22-16(30-18)21-14(25)7-27-13-5-3-2-4-12(13)19/h2-6,8H,7,9H2,1H3,(H,21,22,25). The number of hydrogen-bond acceptors (Lipinski definition) is 9. The fourth-order valence-electron chi connectivity index (χ4n) is 2.49. The molecule has 154 valence electrons. The maximum atomic E-state index is 12.2. The highest BCUT2D eigenvalue weighted by molar-refractivity contribution is 8.00. The number of hydrogen-bond donors (Lipinski definition) is 1. The molecule has 12 heteroatoms. The van der Waals surface area contributed by atoms with Crippen LogP contribution in [0.1, 0.15) is 11.4 Å². The molecular weight excluding hydrogens is 466 g/mol. The monoisotopic (exact) mass is 479 g/mol. The first-order valence-corrected chi connectivity index (χ1v) is 11.7. The van der Waals surface area contributed by atoms with Gasteiger partial charge in [-0.25, -0.2) is 4.98 Å². The molecule has 3 heterocycles. The second-order valence-corrected chi connectivity index (χ2v) is 9.45. The molecule has 1 N–H and O–H groups in total. The van der Waals surface area contributed by atoms with Gasteiger partial charge in [0.25, 0.3) is 11.5 Å². The minimum Gasteiger partial charge on any atom is -0.482 e. The van der Waals surface area contributed by atoms with Gasteiger partial charge in [0.15, 0.2) is 15.9 Å². The summed E-state index contributed by atoms with van der Waals surface area (Å²) in [4.78, 5) is 29.5. The fourth-order valence-corrected chi connectivity index (χ4v) is 5.23. The van der Waals surface area contributed by atoms with Crippen LogP contribution in [-0.2, 0) is 10.5 Å². The fraction of sp³-hybridized carbons (Fsp3) is 0.167. The Labute approximate surface area is 187 Å². The number of para-hydroxylation sites is 1. The molecule has 0 fully saturated rings. The van der Waals surface area contributed by atoms with Gasteiger partial charge in [-0.2, -0.15) is 0 Å². The van der Waals surface area contributed by atoms with E-state index in [1.54, 1.807) is 28.7 Å². The second-order valence-electron chi connectivity index (χ2n) is 6.01. The molecule has 4 rings (SSSR count). The first kappa shape index (κ1) is 20.8. The number of benzene rings is 1. The zero-order valence-electron chi connectivity index (χ0n) is 15.5. The highest BCUT2D eigenvalue weighted by atomic mass is 35.5. The van der Waals surface area contributed by atoms with E-state index in [2.05, 4.69) is 20.5 Å². The predicted octanol–water partition coefficient (Wildman–Crippen LogP) is 3.88. The number of nitrogens with zero attached hydrogens (tertiary/aromatic N) is 4. The Bertz CT molecular complexity index is 1270. The lowest BCUT2D eigenvalue weighted by Gasteiger charge is -2.06. The number of aryl methyl sites for hydroxylation is 1. The first-order valence-electron chi connectivity index (χ1n) is 8.60. The van der Waals surface area contributed by atoms with Crippen molar-refractivity contribution < 1.29 is 9.53 Å². The molecule has 0 radical (unpaired) electrons. The van der Waals surface area contributed by atoms with Gasteiger partial charge in [-0.1, -0.05) is 46.8 Å². The van der Waals surface area contributed by atoms with Crippen molar-refractivity contribution in [1.29, 1.82) is 0 Å². The normalized spacial score (nSPS) is 11.0. The minimum atomic E-state index is -0.365. The number of ether oxygens (including phenoxy) is 1. The molecule has 30 heavy (non-hydrogen) atoms. The number of halogens is 1. The van der Waals surface area contributed by atoms with Crippen molar-refractivity contribution in [3.05, 3.63) is 62.5 Å². The van der Waals surface area contributed by atoms with Gasteiger partial charge in [0.2, 0.25) is 5.13 Å². The Balaban J connectivity index is 1.32. The molecule has 8 nitrogen and oxygen atoms in total. The summed E-state index contributed by atoms with van der Waals surface area (Å²) < 4.78 is 7.64. The average Bonchev–Trinajstić information content (AvgIpc) is 3.32. The maximum absolute atomic E-state index is 12.2. The second kappa shape index (κ2) is 9.13. The Morgan fingerprint density at radius 2 is 2.17 bits per heavy atom. The Kier molecular flexibility index (Phi) is 6.32. The summed E-state index contributed by atoms with van der Waals surface area (Å²) in [6, 6.07) is 8.44. The molecule has 0 bridgehead atoms. The van der Waals surface area contributed by atoms with Gasteiger partial charge in [-0.3, -0.25) is 19.3 Å². The molecule has 3 aromatic heterocycles. The number of fused-ring (bicyclic) bond motifs is 1. The Hall–Kier alpha value is -2.47. The SMILES string of the molecule is Cc1csc2nc(CSc3nnc(NC(=O)COc4ccccc4Cl)s3)cc(=O)n12. The lowest BCUT2D eigenvalue weighted by atomic mass is 10.3. The van der Waals surface area contributed by atoms with Crippen LogP contribution in [0.2, 0.25) is 5.02 Å². The van der Waals surface area contributed by atoms with Crippen molar-refractivity contribution in [3.8, 4) is 5.75 Å². The number of thioether (sulfide) groups is 1. The average molecular weight is 480 g/mol. The van der Waals surface area contributed by atoms with Crippen LogP contribution in [0.3, 0.4) is 0 Å². The topological polar surface area (TPSA) is 98.5 Å². The van der Waals surface area contributed by atoms with Crippen LogP contribution >= 0.6 is 46.0 Å². The summed E-state index contributed by atoms with van der Waals surface area (Å²) in [6.07, 6.45) is 0. The third-order valence-electron chi connectivity index (χ3n) is 3.82. The molecule has 0 atom stereocenters. The lowest BCUT2D eigenvalue weighted by molar-refractivity contribution is -0.118. The number of nitrogens with one attached hydrogen (secondary N) is 1. The van der Waals surface area contributed by atoms with Crippen LogP contribution < -0.4 is 15.6 Å². The van der Waals surface area contributed by atoms with Gasteiger partial charge < -0.3 is 4.74 Å². The highest BCUT2D eigenvalue weighted by Crippen LogP contribution is 2.28. The van der Waals surface area contributed by atoms with Gasteiger partial charge in [0.1, 0.15) is 5.75 Å². The highest BCUT2D eigenvalue weighted by Gasteiger charge is 2.12. The summed E-state index contributed by atoms with van der Waals surface area (Å²) in [7, 11) is 0. The van der Waals surface area contributed by atoms with Crippen molar-refractivity contribution in [1.82, 2.24) is 19.6 Å². The molecule has 0 aliphatic carbocycles. The van der Waals surface area contributed by atoms with Crippen molar-refractivity contribution in [2.75, 3.05) is 11.9 Å². The quantitative estimate of drug-likeness (QED) is 0.317. The van der Waals surface area contributed by atoms with Crippen molar-refractivity contribution in [2.45, 2.75) is 17.0 Å². The summed E-state index contributed by atoms with van der Waals surface area (Å²) in [5.41, 5.74) is 1.44. The van der Waals surface area contributed by atoms with E-state index in [1.807, 2.05) is 12.3 Å². The molecule has 4 aromatic rings. The van der Waals surface area contributed by atoms with E-state index in [9.17, 15) is 9.59 Å². The number of carbonyl (C=O) groups is 1. The van der Waals surface area contributed by atoms with Crippen LogP contribution in [0.15, 0.2) is 44.8 Å². The van der Waals surface area contributed by atoms with E-state index in [-0.39, 0.29) is 18.1 Å². The van der Waals surface area contributed by atoms with Crippen LogP contribution in [0.5, 0.6) is 5.75 Å². The van der Waals surface area contributed by atoms with E-state index in [0.717, 1.165) is 5.69 Å². The number of anilines is 1. The van der Waals surface area contributed by atoms with E-state index in [0.29, 0.717) is 36.7 Å². The zero-order chi connectivity index (χ0) is 21.1. The van der Waals surface area contributed by atoms with Gasteiger partial charge in [0.05, 0.1) is 10.7 Å². The Morgan fingerprint density at radius 1 is 1.33 bits per heavy atom.